The van der Waals surface area contributed by atoms with Crippen LogP contribution in [0.2, 0.25) is 0 Å². The number of anilines is 1. The van der Waals surface area contributed by atoms with Crippen LogP contribution in [0, 0.1) is 0 Å². The predicted octanol–water partition coefficient (Wildman–Crippen LogP) is 3.57. The fourth-order valence-electron chi connectivity index (χ4n) is 3.57. The number of nitrogens with zero attached hydrogens (tertiary/aromatic N) is 1. The number of aliphatic hydroxyl groups excluding tert-OH is 1. The maximum Gasteiger partial charge on any atom is 0.103 e. The van der Waals surface area contributed by atoms with E-state index in [-0.39, 0.29) is 6.04 Å². The number of hydrogen-bond donors (Lipinski definition) is 1. The van der Waals surface area contributed by atoms with Gasteiger partial charge in [-0.05, 0) is 35.6 Å². The number of aliphatic hydroxyl groups is 1. The van der Waals surface area contributed by atoms with Gasteiger partial charge in [0.1, 0.15) is 6.10 Å². The quantitative estimate of drug-likeness (QED) is 0.861. The van der Waals surface area contributed by atoms with Crippen molar-refractivity contribution in [2.45, 2.75) is 25.0 Å². The summed E-state index contributed by atoms with van der Waals surface area (Å²) in [5.41, 5.74) is 4.83. The minimum atomic E-state index is -0.461. The smallest absolute Gasteiger partial charge is 0.103 e. The van der Waals surface area contributed by atoms with Crippen LogP contribution in [0.4, 0.5) is 5.69 Å². The van der Waals surface area contributed by atoms with Crippen LogP contribution in [-0.2, 0) is 6.42 Å². The molecule has 0 saturated heterocycles. The van der Waals surface area contributed by atoms with Gasteiger partial charge in [-0.1, -0.05) is 54.6 Å². The first-order valence-electron chi connectivity index (χ1n) is 7.64. The first kappa shape index (κ1) is 12.7. The first-order chi connectivity index (χ1) is 10.3. The highest BCUT2D eigenvalue weighted by atomic mass is 16.3. The lowest BCUT2D eigenvalue weighted by Crippen LogP contribution is -2.42. The second-order valence-corrected chi connectivity index (χ2v) is 5.85. The van der Waals surface area contributed by atoms with E-state index in [1.165, 1.54) is 11.3 Å². The molecule has 1 heterocycles. The molecular formula is C19H19NO. The van der Waals surface area contributed by atoms with Gasteiger partial charge in [-0.15, -0.1) is 0 Å². The van der Waals surface area contributed by atoms with Gasteiger partial charge < -0.3 is 10.0 Å². The monoisotopic (exact) mass is 277 g/mol. The zero-order chi connectivity index (χ0) is 14.2. The molecule has 1 N–H and O–H groups in total. The molecule has 0 aromatic heterocycles. The molecule has 2 aromatic carbocycles. The molecule has 2 nitrogen and oxygen atoms in total. The zero-order valence-electron chi connectivity index (χ0n) is 11.9. The van der Waals surface area contributed by atoms with Crippen molar-refractivity contribution in [3.8, 4) is 0 Å². The van der Waals surface area contributed by atoms with Crippen molar-refractivity contribution in [1.29, 1.82) is 0 Å². The summed E-state index contributed by atoms with van der Waals surface area (Å²) in [5.74, 6) is 0. The van der Waals surface area contributed by atoms with Gasteiger partial charge in [-0.25, -0.2) is 0 Å². The lowest BCUT2D eigenvalue weighted by atomic mass is 9.89. The predicted molar refractivity (Wildman–Crippen MR) is 86.3 cm³/mol. The number of hydrogen-bond acceptors (Lipinski definition) is 2. The van der Waals surface area contributed by atoms with Crippen LogP contribution in [0.1, 0.15) is 29.2 Å². The van der Waals surface area contributed by atoms with Crippen LogP contribution in [0.15, 0.2) is 54.6 Å². The van der Waals surface area contributed by atoms with Gasteiger partial charge in [0.2, 0.25) is 0 Å². The highest BCUT2D eigenvalue weighted by Crippen LogP contribution is 2.36. The fourth-order valence-corrected chi connectivity index (χ4v) is 3.57. The van der Waals surface area contributed by atoms with E-state index in [0.717, 1.165) is 30.5 Å². The van der Waals surface area contributed by atoms with E-state index in [0.29, 0.717) is 0 Å². The third kappa shape index (κ3) is 2.07. The van der Waals surface area contributed by atoms with Crippen LogP contribution in [0.5, 0.6) is 0 Å². The molecule has 0 bridgehead atoms. The molecule has 1 aliphatic heterocycles. The highest BCUT2D eigenvalue weighted by Gasteiger charge is 2.31. The Morgan fingerprint density at radius 2 is 1.81 bits per heavy atom. The molecule has 2 aromatic rings. The summed E-state index contributed by atoms with van der Waals surface area (Å²) in [4.78, 5) is 2.36. The maximum absolute atomic E-state index is 10.8. The topological polar surface area (TPSA) is 23.5 Å². The van der Waals surface area contributed by atoms with E-state index in [2.05, 4.69) is 47.4 Å². The van der Waals surface area contributed by atoms with Crippen molar-refractivity contribution in [3.05, 3.63) is 71.3 Å². The Bertz CT molecular complexity index is 691. The molecule has 2 aliphatic rings. The van der Waals surface area contributed by atoms with Crippen molar-refractivity contribution in [3.63, 3.8) is 0 Å². The molecule has 21 heavy (non-hydrogen) atoms. The molecular weight excluding hydrogens is 258 g/mol. The number of benzene rings is 2. The zero-order valence-corrected chi connectivity index (χ0v) is 11.9. The van der Waals surface area contributed by atoms with E-state index >= 15 is 0 Å². The van der Waals surface area contributed by atoms with Gasteiger partial charge in [-0.3, -0.25) is 0 Å². The third-order valence-corrected chi connectivity index (χ3v) is 4.62. The molecule has 106 valence electrons. The van der Waals surface area contributed by atoms with Crippen LogP contribution in [0.25, 0.3) is 6.08 Å². The van der Waals surface area contributed by atoms with Crippen molar-refractivity contribution in [1.82, 2.24) is 0 Å². The second kappa shape index (κ2) is 5.05. The summed E-state index contributed by atoms with van der Waals surface area (Å²) in [6.07, 6.45) is 6.11. The van der Waals surface area contributed by atoms with Gasteiger partial charge in [0.15, 0.2) is 0 Å². The standard InChI is InChI=1S/C19H19NO/c21-19-16-9-3-1-6-14(16)11-12-18(19)20-13-5-8-15-7-2-4-10-17(15)20/h1-4,6-7,9-12,18-19,21H,5,8,13H2. The number of aryl methyl sites for hydroxylation is 1. The minimum Gasteiger partial charge on any atom is -0.386 e. The van der Waals surface area contributed by atoms with Gasteiger partial charge in [-0.2, -0.15) is 0 Å². The van der Waals surface area contributed by atoms with Gasteiger partial charge in [0.05, 0.1) is 6.04 Å². The fraction of sp³-hybridized carbons (Fsp3) is 0.263. The highest BCUT2D eigenvalue weighted by molar-refractivity contribution is 5.63. The average molecular weight is 277 g/mol. The normalized spacial score (nSPS) is 23.6. The average Bonchev–Trinajstić information content (AvgIpc) is 2.55. The summed E-state index contributed by atoms with van der Waals surface area (Å²) in [5, 5.41) is 10.8. The molecule has 4 rings (SSSR count). The Morgan fingerprint density at radius 3 is 2.76 bits per heavy atom. The van der Waals surface area contributed by atoms with Gasteiger partial charge in [0, 0.05) is 12.2 Å². The molecule has 2 heteroatoms. The Hall–Kier alpha value is -2.06. The number of para-hydroxylation sites is 1. The molecule has 0 spiro atoms. The van der Waals surface area contributed by atoms with E-state index in [1.807, 2.05) is 18.2 Å². The summed E-state index contributed by atoms with van der Waals surface area (Å²) < 4.78 is 0. The largest absolute Gasteiger partial charge is 0.386 e. The molecule has 2 unspecified atom stereocenters. The lowest BCUT2D eigenvalue weighted by Gasteiger charge is -2.40. The molecule has 0 amide bonds. The number of fused-ring (bicyclic) bond motifs is 2. The lowest BCUT2D eigenvalue weighted by molar-refractivity contribution is 0.156. The Balaban J connectivity index is 1.73. The minimum absolute atomic E-state index is 0.0290. The Morgan fingerprint density at radius 1 is 1.00 bits per heavy atom. The van der Waals surface area contributed by atoms with E-state index < -0.39 is 6.10 Å². The SMILES string of the molecule is OC1c2ccccc2C=CC1N1CCCc2ccccc21. The summed E-state index contributed by atoms with van der Waals surface area (Å²) in [7, 11) is 0. The van der Waals surface area contributed by atoms with Gasteiger partial charge >= 0.3 is 0 Å². The van der Waals surface area contributed by atoms with Crippen molar-refractivity contribution < 1.29 is 5.11 Å². The Labute approximate surface area is 125 Å². The van der Waals surface area contributed by atoms with Gasteiger partial charge in [0.25, 0.3) is 0 Å². The molecule has 0 saturated carbocycles. The van der Waals surface area contributed by atoms with Crippen molar-refractivity contribution in [2.75, 3.05) is 11.4 Å². The maximum atomic E-state index is 10.8. The summed E-state index contributed by atoms with van der Waals surface area (Å²) in [6, 6.07) is 16.7. The molecule has 0 fully saturated rings. The van der Waals surface area contributed by atoms with Crippen LogP contribution in [0.3, 0.4) is 0 Å². The first-order valence-corrected chi connectivity index (χ1v) is 7.64. The molecule has 0 radical (unpaired) electrons. The molecule has 1 aliphatic carbocycles. The van der Waals surface area contributed by atoms with Crippen LogP contribution >= 0.6 is 0 Å². The number of rotatable bonds is 1. The van der Waals surface area contributed by atoms with E-state index in [1.54, 1.807) is 0 Å². The van der Waals surface area contributed by atoms with Crippen molar-refractivity contribution >= 4 is 11.8 Å². The van der Waals surface area contributed by atoms with E-state index in [9.17, 15) is 5.11 Å². The third-order valence-electron chi connectivity index (χ3n) is 4.62. The summed E-state index contributed by atoms with van der Waals surface area (Å²) >= 11 is 0. The second-order valence-electron chi connectivity index (χ2n) is 5.85. The summed E-state index contributed by atoms with van der Waals surface area (Å²) in [6.45, 7) is 1.01. The Kier molecular flexibility index (Phi) is 3.04. The van der Waals surface area contributed by atoms with Crippen molar-refractivity contribution in [2.24, 2.45) is 0 Å². The van der Waals surface area contributed by atoms with E-state index in [4.69, 9.17) is 0 Å². The van der Waals surface area contributed by atoms with Crippen LogP contribution < -0.4 is 4.90 Å². The van der Waals surface area contributed by atoms with Crippen LogP contribution in [-0.4, -0.2) is 17.7 Å². The molecule has 2 atom stereocenters.